The summed E-state index contributed by atoms with van der Waals surface area (Å²) in [6.45, 7) is 8.80. The van der Waals surface area contributed by atoms with E-state index in [0.29, 0.717) is 21.2 Å². The average Bonchev–Trinajstić information content (AvgIpc) is 2.79. The Morgan fingerprint density at radius 3 is 2.64 bits per heavy atom. The van der Waals surface area contributed by atoms with E-state index < -0.39 is 33.7 Å². The molecule has 1 aromatic heterocycles. The lowest BCUT2D eigenvalue weighted by Gasteiger charge is -2.21. The number of ether oxygens (including phenoxy) is 2. The molecule has 1 heterocycles. The SMILES string of the molecule is CCOC(=O)[C@H](C)Oc1c(C=Nn2c(C(C)(C)C)nc3ccc(Br)cc3c2=O)cc(Cl)cc1[N+](=O)[O-]. The first-order chi connectivity index (χ1) is 16.8. The van der Waals surface area contributed by atoms with Crippen molar-refractivity contribution < 1.29 is 19.2 Å². The fourth-order valence-electron chi connectivity index (χ4n) is 3.31. The minimum atomic E-state index is -1.15. The summed E-state index contributed by atoms with van der Waals surface area (Å²) in [5, 5.41) is 16.4. The van der Waals surface area contributed by atoms with Crippen LogP contribution in [0.4, 0.5) is 5.69 Å². The second-order valence-corrected chi connectivity index (χ2v) is 10.2. The van der Waals surface area contributed by atoms with Crippen LogP contribution in [0.15, 0.2) is 44.7 Å². The van der Waals surface area contributed by atoms with Gasteiger partial charge in [-0.25, -0.2) is 9.78 Å². The number of carbonyl (C=O) groups excluding carboxylic acids is 1. The third kappa shape index (κ3) is 5.90. The van der Waals surface area contributed by atoms with Gasteiger partial charge in [0.1, 0.15) is 5.82 Å². The van der Waals surface area contributed by atoms with Gasteiger partial charge in [-0.3, -0.25) is 14.9 Å². The zero-order valence-electron chi connectivity index (χ0n) is 20.2. The summed E-state index contributed by atoms with van der Waals surface area (Å²) in [6, 6.07) is 7.65. The normalized spacial score (nSPS) is 12.6. The molecule has 0 radical (unpaired) electrons. The highest BCUT2D eigenvalue weighted by Gasteiger charge is 2.27. The Kier molecular flexibility index (Phi) is 8.15. The lowest BCUT2D eigenvalue weighted by Crippen LogP contribution is -2.29. The Morgan fingerprint density at radius 2 is 2.03 bits per heavy atom. The molecule has 0 N–H and O–H groups in total. The molecule has 2 aromatic carbocycles. The maximum Gasteiger partial charge on any atom is 0.347 e. The molecule has 12 heteroatoms. The number of hydrogen-bond donors (Lipinski definition) is 0. The topological polar surface area (TPSA) is 126 Å². The molecular formula is C24H24BrClN4O6. The van der Waals surface area contributed by atoms with E-state index in [-0.39, 0.29) is 22.9 Å². The highest BCUT2D eigenvalue weighted by atomic mass is 79.9. The van der Waals surface area contributed by atoms with Crippen LogP contribution in [-0.4, -0.2) is 39.5 Å². The molecule has 0 aliphatic heterocycles. The first-order valence-electron chi connectivity index (χ1n) is 10.9. The molecule has 3 rings (SSSR count). The molecule has 0 fully saturated rings. The van der Waals surface area contributed by atoms with Crippen LogP contribution in [0.2, 0.25) is 5.02 Å². The Hall–Kier alpha value is -3.31. The van der Waals surface area contributed by atoms with Crippen LogP contribution in [0.3, 0.4) is 0 Å². The fraction of sp³-hybridized carbons (Fsp3) is 0.333. The van der Waals surface area contributed by atoms with Gasteiger partial charge in [-0.15, -0.1) is 0 Å². The summed E-state index contributed by atoms with van der Waals surface area (Å²) >= 11 is 9.49. The molecule has 36 heavy (non-hydrogen) atoms. The van der Waals surface area contributed by atoms with Crippen LogP contribution in [0, 0.1) is 10.1 Å². The number of halogens is 2. The standard InChI is InChI=1S/C24H24BrClN4O6/c1-6-35-22(32)13(2)36-20-14(9-16(26)11-19(20)30(33)34)12-27-29-21(31)17-10-15(25)7-8-18(17)28-23(29)24(3,4)5/h7-13H,6H2,1-5H3/t13-/m0/s1. The first kappa shape index (κ1) is 27.3. The average molecular weight is 580 g/mol. The van der Waals surface area contributed by atoms with Crippen molar-refractivity contribution in [1.29, 1.82) is 0 Å². The molecular weight excluding hydrogens is 556 g/mol. The van der Waals surface area contributed by atoms with E-state index in [1.165, 1.54) is 19.2 Å². The van der Waals surface area contributed by atoms with Gasteiger partial charge < -0.3 is 9.47 Å². The van der Waals surface area contributed by atoms with Crippen molar-refractivity contribution in [2.24, 2.45) is 5.10 Å². The molecule has 10 nitrogen and oxygen atoms in total. The van der Waals surface area contributed by atoms with Crippen molar-refractivity contribution in [2.75, 3.05) is 6.61 Å². The van der Waals surface area contributed by atoms with Crippen LogP contribution in [0.1, 0.15) is 46.0 Å². The highest BCUT2D eigenvalue weighted by molar-refractivity contribution is 9.10. The van der Waals surface area contributed by atoms with Gasteiger partial charge >= 0.3 is 11.7 Å². The van der Waals surface area contributed by atoms with Gasteiger partial charge in [-0.05, 0) is 38.1 Å². The third-order valence-electron chi connectivity index (χ3n) is 4.96. The van der Waals surface area contributed by atoms with Crippen molar-refractivity contribution in [1.82, 2.24) is 9.66 Å². The summed E-state index contributed by atoms with van der Waals surface area (Å²) in [7, 11) is 0. The van der Waals surface area contributed by atoms with Crippen molar-refractivity contribution in [3.63, 3.8) is 0 Å². The molecule has 3 aromatic rings. The van der Waals surface area contributed by atoms with Crippen molar-refractivity contribution in [2.45, 2.75) is 46.1 Å². The van der Waals surface area contributed by atoms with Crippen molar-refractivity contribution in [3.8, 4) is 5.75 Å². The minimum absolute atomic E-state index is 0.0447. The van der Waals surface area contributed by atoms with E-state index in [4.69, 9.17) is 21.1 Å². The van der Waals surface area contributed by atoms with Crippen LogP contribution < -0.4 is 10.3 Å². The number of aromatic nitrogens is 2. The first-order valence-corrected chi connectivity index (χ1v) is 12.1. The number of nitro groups is 1. The second-order valence-electron chi connectivity index (χ2n) is 8.82. The quantitative estimate of drug-likeness (QED) is 0.162. The fourth-order valence-corrected chi connectivity index (χ4v) is 3.89. The zero-order chi connectivity index (χ0) is 26.8. The summed E-state index contributed by atoms with van der Waals surface area (Å²) in [6.07, 6.45) is 0.0679. The molecule has 0 aliphatic carbocycles. The van der Waals surface area contributed by atoms with Crippen LogP contribution in [0.5, 0.6) is 5.75 Å². The Balaban J connectivity index is 2.22. The maximum absolute atomic E-state index is 13.4. The lowest BCUT2D eigenvalue weighted by atomic mass is 9.95. The minimum Gasteiger partial charge on any atom is -0.471 e. The molecule has 1 atom stereocenters. The number of esters is 1. The highest BCUT2D eigenvalue weighted by Crippen LogP contribution is 2.35. The monoisotopic (exact) mass is 578 g/mol. The summed E-state index contributed by atoms with van der Waals surface area (Å²) in [5.74, 6) is -0.562. The molecule has 0 bridgehead atoms. The van der Waals surface area contributed by atoms with Gasteiger partial charge in [-0.2, -0.15) is 9.78 Å². The van der Waals surface area contributed by atoms with Gasteiger partial charge in [0.05, 0.1) is 28.6 Å². The van der Waals surface area contributed by atoms with E-state index in [2.05, 4.69) is 26.0 Å². The molecule has 0 unspecified atom stereocenters. The number of nitro benzene ring substituents is 1. The Bertz CT molecular complexity index is 1430. The van der Waals surface area contributed by atoms with E-state index in [1.54, 1.807) is 25.1 Å². The van der Waals surface area contributed by atoms with Gasteiger partial charge in [0, 0.05) is 26.5 Å². The summed E-state index contributed by atoms with van der Waals surface area (Å²) < 4.78 is 12.4. The summed E-state index contributed by atoms with van der Waals surface area (Å²) in [5.41, 5.74) is -0.877. The number of benzene rings is 2. The molecule has 0 saturated heterocycles. The van der Waals surface area contributed by atoms with Crippen molar-refractivity contribution >= 4 is 56.3 Å². The number of rotatable bonds is 7. The van der Waals surface area contributed by atoms with Crippen LogP contribution in [0.25, 0.3) is 10.9 Å². The van der Waals surface area contributed by atoms with Gasteiger partial charge in [-0.1, -0.05) is 48.3 Å². The predicted octanol–water partition coefficient (Wildman–Crippen LogP) is 5.23. The molecule has 0 amide bonds. The van der Waals surface area contributed by atoms with Gasteiger partial charge in [0.2, 0.25) is 5.75 Å². The van der Waals surface area contributed by atoms with Gasteiger partial charge in [0.25, 0.3) is 5.56 Å². The number of hydrogen-bond acceptors (Lipinski definition) is 8. The number of carbonyl (C=O) groups is 1. The largest absolute Gasteiger partial charge is 0.471 e. The maximum atomic E-state index is 13.4. The Labute approximate surface area is 220 Å². The van der Waals surface area contributed by atoms with E-state index >= 15 is 0 Å². The molecule has 0 spiro atoms. The zero-order valence-corrected chi connectivity index (χ0v) is 22.6. The summed E-state index contributed by atoms with van der Waals surface area (Å²) in [4.78, 5) is 41.2. The van der Waals surface area contributed by atoms with Crippen LogP contribution in [-0.2, 0) is 14.9 Å². The lowest BCUT2D eigenvalue weighted by molar-refractivity contribution is -0.386. The van der Waals surface area contributed by atoms with E-state index in [1.807, 2.05) is 20.8 Å². The number of nitrogens with zero attached hydrogens (tertiary/aromatic N) is 4. The van der Waals surface area contributed by atoms with Crippen molar-refractivity contribution in [3.05, 3.63) is 71.7 Å². The molecule has 0 aliphatic rings. The van der Waals surface area contributed by atoms with E-state index in [0.717, 1.165) is 10.7 Å². The van der Waals surface area contributed by atoms with E-state index in [9.17, 15) is 19.7 Å². The second kappa shape index (κ2) is 10.8. The third-order valence-corrected chi connectivity index (χ3v) is 5.68. The predicted molar refractivity (Wildman–Crippen MR) is 140 cm³/mol. The van der Waals surface area contributed by atoms with Crippen LogP contribution >= 0.6 is 27.5 Å². The number of fused-ring (bicyclic) bond motifs is 1. The molecule has 190 valence electrons. The smallest absolute Gasteiger partial charge is 0.347 e. The van der Waals surface area contributed by atoms with Gasteiger partial charge in [0.15, 0.2) is 6.10 Å². The Morgan fingerprint density at radius 1 is 1.33 bits per heavy atom. The molecule has 0 saturated carbocycles.